The first-order chi connectivity index (χ1) is 13.6. The second-order valence-corrected chi connectivity index (χ2v) is 7.01. The number of aromatic nitrogens is 2. The van der Waals surface area contributed by atoms with Gasteiger partial charge >= 0.3 is 0 Å². The first-order valence-electron chi connectivity index (χ1n) is 8.60. The van der Waals surface area contributed by atoms with Crippen LogP contribution in [0.3, 0.4) is 0 Å². The summed E-state index contributed by atoms with van der Waals surface area (Å²) in [6.45, 7) is 2.17. The molecule has 6 nitrogen and oxygen atoms in total. The number of methoxy groups -OCH3 is 1. The van der Waals surface area contributed by atoms with Crippen molar-refractivity contribution in [3.8, 4) is 17.6 Å². The van der Waals surface area contributed by atoms with Gasteiger partial charge in [-0.05, 0) is 24.6 Å². The Balaban J connectivity index is 1.76. The molecule has 0 saturated carbocycles. The average Bonchev–Trinajstić information content (AvgIpc) is 2.70. The van der Waals surface area contributed by atoms with Crippen molar-refractivity contribution >= 4 is 17.6 Å². The van der Waals surface area contributed by atoms with E-state index >= 15 is 0 Å². The van der Waals surface area contributed by atoms with Crippen LogP contribution in [0, 0.1) is 18.3 Å². The minimum Gasteiger partial charge on any atom is -0.497 e. The van der Waals surface area contributed by atoms with Crippen molar-refractivity contribution in [2.24, 2.45) is 0 Å². The summed E-state index contributed by atoms with van der Waals surface area (Å²) < 4.78 is 11.0. The lowest BCUT2D eigenvalue weighted by atomic mass is 10.2. The number of nitrogens with two attached hydrogens (primary N) is 1. The van der Waals surface area contributed by atoms with Crippen LogP contribution in [0.2, 0.25) is 0 Å². The van der Waals surface area contributed by atoms with E-state index < -0.39 is 0 Å². The molecule has 0 saturated heterocycles. The van der Waals surface area contributed by atoms with Gasteiger partial charge in [-0.3, -0.25) is 0 Å². The number of ether oxygens (including phenoxy) is 2. The molecule has 1 heterocycles. The molecule has 0 aliphatic heterocycles. The van der Waals surface area contributed by atoms with Gasteiger partial charge in [-0.1, -0.05) is 47.7 Å². The van der Waals surface area contributed by atoms with Crippen molar-refractivity contribution < 1.29 is 9.47 Å². The van der Waals surface area contributed by atoms with Crippen molar-refractivity contribution in [3.05, 3.63) is 70.9 Å². The highest BCUT2D eigenvalue weighted by Gasteiger charge is 2.14. The third kappa shape index (κ3) is 4.93. The highest BCUT2D eigenvalue weighted by atomic mass is 32.2. The molecule has 0 aliphatic rings. The maximum absolute atomic E-state index is 9.42. The summed E-state index contributed by atoms with van der Waals surface area (Å²) >= 11 is 1.47. The fraction of sp³-hybridized carbons (Fsp3) is 0.190. The molecule has 0 radical (unpaired) electrons. The van der Waals surface area contributed by atoms with Gasteiger partial charge in [0.05, 0.1) is 7.11 Å². The first kappa shape index (κ1) is 19.5. The maximum atomic E-state index is 9.42. The van der Waals surface area contributed by atoms with Crippen LogP contribution >= 0.6 is 11.8 Å². The quantitative estimate of drug-likeness (QED) is 0.477. The lowest BCUT2D eigenvalue weighted by Gasteiger charge is -2.11. The van der Waals surface area contributed by atoms with E-state index in [2.05, 4.69) is 41.2 Å². The summed E-state index contributed by atoms with van der Waals surface area (Å²) in [5, 5.41) is 9.93. The summed E-state index contributed by atoms with van der Waals surface area (Å²) in [6, 6.07) is 17.6. The minimum absolute atomic E-state index is 0.112. The summed E-state index contributed by atoms with van der Waals surface area (Å²) in [4.78, 5) is 8.75. The number of anilines is 1. The molecule has 2 N–H and O–H groups in total. The predicted octanol–water partition coefficient (Wildman–Crippen LogP) is 4.12. The van der Waals surface area contributed by atoms with Gasteiger partial charge in [0.25, 0.3) is 0 Å². The van der Waals surface area contributed by atoms with Crippen LogP contribution in [0.4, 0.5) is 5.82 Å². The van der Waals surface area contributed by atoms with E-state index in [-0.39, 0.29) is 18.0 Å². The summed E-state index contributed by atoms with van der Waals surface area (Å²) in [5.74, 6) is 2.18. The molecule has 2 aromatic carbocycles. The third-order valence-electron chi connectivity index (χ3n) is 3.97. The second kappa shape index (κ2) is 9.11. The summed E-state index contributed by atoms with van der Waals surface area (Å²) in [7, 11) is 1.59. The highest BCUT2D eigenvalue weighted by molar-refractivity contribution is 7.98. The van der Waals surface area contributed by atoms with E-state index in [9.17, 15) is 5.26 Å². The topological polar surface area (TPSA) is 94.1 Å². The molecule has 0 aliphatic carbocycles. The number of benzene rings is 2. The van der Waals surface area contributed by atoms with E-state index in [1.165, 1.54) is 22.9 Å². The van der Waals surface area contributed by atoms with Gasteiger partial charge in [-0.15, -0.1) is 0 Å². The van der Waals surface area contributed by atoms with Gasteiger partial charge in [0.1, 0.15) is 41.3 Å². The molecule has 0 unspecified atom stereocenters. The number of nitrogen functional groups attached to an aromatic ring is 1. The largest absolute Gasteiger partial charge is 0.497 e. The maximum Gasteiger partial charge on any atom is 0.190 e. The Bertz CT molecular complexity index is 1020. The van der Waals surface area contributed by atoms with Crippen LogP contribution < -0.4 is 15.2 Å². The number of rotatable bonds is 7. The van der Waals surface area contributed by atoms with Crippen molar-refractivity contribution in [2.75, 3.05) is 12.8 Å². The SMILES string of the molecule is COc1cccc(OCc2nc(SCc3cccc(C)c3)nc(N)c2C#N)c1. The highest BCUT2D eigenvalue weighted by Crippen LogP contribution is 2.25. The third-order valence-corrected chi connectivity index (χ3v) is 4.89. The van der Waals surface area contributed by atoms with Crippen LogP contribution in [0.5, 0.6) is 11.5 Å². The van der Waals surface area contributed by atoms with E-state index in [1.54, 1.807) is 13.2 Å². The zero-order valence-corrected chi connectivity index (χ0v) is 16.5. The van der Waals surface area contributed by atoms with Gasteiger partial charge in [0.2, 0.25) is 0 Å². The molecular formula is C21H20N4O2S. The first-order valence-corrected chi connectivity index (χ1v) is 9.59. The molecule has 1 aromatic heterocycles. The Morgan fingerprint density at radius 1 is 1.11 bits per heavy atom. The number of hydrogen-bond acceptors (Lipinski definition) is 7. The zero-order valence-electron chi connectivity index (χ0n) is 15.7. The predicted molar refractivity (Wildman–Crippen MR) is 109 cm³/mol. The van der Waals surface area contributed by atoms with Gasteiger partial charge < -0.3 is 15.2 Å². The molecule has 0 fully saturated rings. The van der Waals surface area contributed by atoms with Gasteiger partial charge in [-0.25, -0.2) is 9.97 Å². The lowest BCUT2D eigenvalue weighted by molar-refractivity contribution is 0.297. The average molecular weight is 392 g/mol. The van der Waals surface area contributed by atoms with Crippen molar-refractivity contribution in [1.82, 2.24) is 9.97 Å². The molecular weight excluding hydrogens is 372 g/mol. The van der Waals surface area contributed by atoms with E-state index in [4.69, 9.17) is 15.2 Å². The van der Waals surface area contributed by atoms with E-state index in [1.807, 2.05) is 24.3 Å². The zero-order chi connectivity index (χ0) is 19.9. The minimum atomic E-state index is 0.112. The van der Waals surface area contributed by atoms with Crippen LogP contribution in [0.25, 0.3) is 0 Å². The number of nitriles is 1. The summed E-state index contributed by atoms with van der Waals surface area (Å²) in [5.41, 5.74) is 9.05. The van der Waals surface area contributed by atoms with E-state index in [0.717, 1.165) is 0 Å². The number of hydrogen-bond donors (Lipinski definition) is 1. The Morgan fingerprint density at radius 2 is 1.89 bits per heavy atom. The van der Waals surface area contributed by atoms with E-state index in [0.29, 0.717) is 28.1 Å². The van der Waals surface area contributed by atoms with Crippen LogP contribution in [-0.4, -0.2) is 17.1 Å². The molecule has 7 heteroatoms. The van der Waals surface area contributed by atoms with Crippen LogP contribution in [0.15, 0.2) is 53.7 Å². The summed E-state index contributed by atoms with van der Waals surface area (Å²) in [6.07, 6.45) is 0. The Hall–Kier alpha value is -3.24. The Kier molecular flexibility index (Phi) is 6.35. The van der Waals surface area contributed by atoms with Crippen LogP contribution in [0.1, 0.15) is 22.4 Å². The van der Waals surface area contributed by atoms with Gasteiger partial charge in [-0.2, -0.15) is 5.26 Å². The van der Waals surface area contributed by atoms with Crippen molar-refractivity contribution in [1.29, 1.82) is 5.26 Å². The lowest BCUT2D eigenvalue weighted by Crippen LogP contribution is -2.08. The fourth-order valence-electron chi connectivity index (χ4n) is 2.59. The van der Waals surface area contributed by atoms with Crippen molar-refractivity contribution in [3.63, 3.8) is 0 Å². The number of nitrogens with zero attached hydrogens (tertiary/aromatic N) is 3. The molecule has 28 heavy (non-hydrogen) atoms. The molecule has 0 amide bonds. The van der Waals surface area contributed by atoms with Crippen molar-refractivity contribution in [2.45, 2.75) is 24.4 Å². The smallest absolute Gasteiger partial charge is 0.190 e. The Morgan fingerprint density at radius 3 is 2.64 bits per heavy atom. The van der Waals surface area contributed by atoms with Gasteiger partial charge in [0.15, 0.2) is 5.16 Å². The number of aryl methyl sites for hydroxylation is 1. The normalized spacial score (nSPS) is 10.3. The molecule has 3 aromatic rings. The molecule has 0 bridgehead atoms. The molecule has 3 rings (SSSR count). The number of thioether (sulfide) groups is 1. The standard InChI is InChI=1S/C21H20N4O2S/c1-14-5-3-6-15(9-14)13-28-21-24-19(18(11-22)20(23)25-21)12-27-17-8-4-7-16(10-17)26-2/h3-10H,12-13H2,1-2H3,(H2,23,24,25). The molecule has 142 valence electrons. The van der Waals surface area contributed by atoms with Crippen LogP contribution in [-0.2, 0) is 12.4 Å². The Labute approximate surface area is 168 Å². The fourth-order valence-corrected chi connectivity index (χ4v) is 3.40. The monoisotopic (exact) mass is 392 g/mol. The second-order valence-electron chi connectivity index (χ2n) is 6.07. The van der Waals surface area contributed by atoms with Gasteiger partial charge in [0, 0.05) is 11.8 Å². The molecule has 0 spiro atoms. The molecule has 0 atom stereocenters.